The van der Waals surface area contributed by atoms with Crippen molar-refractivity contribution in [1.29, 1.82) is 0 Å². The second-order valence-electron chi connectivity index (χ2n) is 9.04. The summed E-state index contributed by atoms with van der Waals surface area (Å²) >= 11 is 1.47. The highest BCUT2D eigenvalue weighted by atomic mass is 32.1. The number of nitrogens with zero attached hydrogens (tertiary/aromatic N) is 3. The first-order valence-corrected chi connectivity index (χ1v) is 11.7. The molecule has 1 N–H and O–H groups in total. The minimum atomic E-state index is -0.973. The molecule has 4 rings (SSSR count). The molecule has 0 bridgehead atoms. The summed E-state index contributed by atoms with van der Waals surface area (Å²) in [6.45, 7) is 1.03. The van der Waals surface area contributed by atoms with E-state index < -0.39 is 11.4 Å². The Morgan fingerprint density at radius 2 is 1.78 bits per heavy atom. The van der Waals surface area contributed by atoms with Gasteiger partial charge in [-0.1, -0.05) is 41.7 Å². The molecule has 0 saturated heterocycles. The molecule has 7 heteroatoms. The third-order valence-electron chi connectivity index (χ3n) is 6.22. The van der Waals surface area contributed by atoms with E-state index in [2.05, 4.69) is 37.2 Å². The number of anilines is 1. The molecule has 2 aromatic carbocycles. The number of aromatic nitrogens is 1. The number of aliphatic carboxylic acids is 1. The molecule has 1 aliphatic carbocycles. The third kappa shape index (κ3) is 4.54. The maximum Gasteiger partial charge on any atom is 0.304 e. The van der Waals surface area contributed by atoms with Crippen molar-refractivity contribution >= 4 is 38.6 Å². The van der Waals surface area contributed by atoms with Crippen LogP contribution in [0.2, 0.25) is 0 Å². The number of carboxylic acids is 1. The fourth-order valence-corrected chi connectivity index (χ4v) is 5.54. The Bertz CT molecular complexity index is 1130. The van der Waals surface area contributed by atoms with Gasteiger partial charge in [-0.15, -0.1) is 0 Å². The zero-order valence-corrected chi connectivity index (χ0v) is 19.6. The van der Waals surface area contributed by atoms with Crippen molar-refractivity contribution in [2.45, 2.75) is 32.1 Å². The van der Waals surface area contributed by atoms with Gasteiger partial charge in [-0.05, 0) is 75.1 Å². The van der Waals surface area contributed by atoms with Crippen LogP contribution in [0.15, 0.2) is 42.5 Å². The Morgan fingerprint density at radius 3 is 2.41 bits per heavy atom. The maximum atomic E-state index is 13.6. The molecule has 6 nitrogen and oxygen atoms in total. The van der Waals surface area contributed by atoms with Crippen LogP contribution in [-0.2, 0) is 28.9 Å². The molecule has 168 valence electrons. The first-order valence-electron chi connectivity index (χ1n) is 10.9. The number of rotatable bonds is 8. The summed E-state index contributed by atoms with van der Waals surface area (Å²) in [5.41, 5.74) is 3.26. The molecule has 1 heterocycles. The molecule has 0 atom stereocenters. The number of amides is 1. The van der Waals surface area contributed by atoms with E-state index in [1.165, 1.54) is 16.9 Å². The van der Waals surface area contributed by atoms with Crippen molar-refractivity contribution in [2.24, 2.45) is 5.41 Å². The Kier molecular flexibility index (Phi) is 6.31. The molecular formula is C25H29N3O3S. The van der Waals surface area contributed by atoms with Crippen molar-refractivity contribution in [3.05, 3.63) is 59.2 Å². The summed E-state index contributed by atoms with van der Waals surface area (Å²) in [5.74, 6) is -1.13. The molecule has 0 radical (unpaired) electrons. The Morgan fingerprint density at radius 1 is 1.09 bits per heavy atom. The average molecular weight is 452 g/mol. The predicted molar refractivity (Wildman–Crippen MR) is 128 cm³/mol. The van der Waals surface area contributed by atoms with E-state index >= 15 is 0 Å². The molecule has 0 spiro atoms. The van der Waals surface area contributed by atoms with Gasteiger partial charge >= 0.3 is 5.97 Å². The molecule has 1 aliphatic rings. The number of thiazole rings is 1. The lowest BCUT2D eigenvalue weighted by Gasteiger charge is -2.30. The first kappa shape index (κ1) is 22.4. The van der Waals surface area contributed by atoms with Gasteiger partial charge < -0.3 is 10.0 Å². The van der Waals surface area contributed by atoms with Gasteiger partial charge in [-0.2, -0.15) is 0 Å². The number of benzene rings is 2. The van der Waals surface area contributed by atoms with Gasteiger partial charge in [0.25, 0.3) is 0 Å². The van der Waals surface area contributed by atoms with Crippen molar-refractivity contribution in [2.75, 3.05) is 32.6 Å². The van der Waals surface area contributed by atoms with E-state index in [1.807, 2.05) is 24.3 Å². The summed E-state index contributed by atoms with van der Waals surface area (Å²) in [5, 5.41) is 10.2. The average Bonchev–Trinajstić information content (AvgIpc) is 3.33. The number of carbonyl (C=O) groups excluding carboxylic acids is 1. The van der Waals surface area contributed by atoms with Crippen LogP contribution in [0.1, 0.15) is 29.5 Å². The summed E-state index contributed by atoms with van der Waals surface area (Å²) < 4.78 is 1.03. The van der Waals surface area contributed by atoms with Crippen LogP contribution >= 0.6 is 11.3 Å². The molecule has 0 unspecified atom stereocenters. The van der Waals surface area contributed by atoms with E-state index in [4.69, 9.17) is 4.98 Å². The minimum Gasteiger partial charge on any atom is -0.481 e. The Labute approximate surface area is 192 Å². The van der Waals surface area contributed by atoms with Crippen molar-refractivity contribution in [3.63, 3.8) is 0 Å². The largest absolute Gasteiger partial charge is 0.481 e. The number of hydrogen-bond acceptors (Lipinski definition) is 5. The predicted octanol–water partition coefficient (Wildman–Crippen LogP) is 4.01. The zero-order valence-electron chi connectivity index (χ0n) is 18.8. The fraction of sp³-hybridized carbons (Fsp3) is 0.400. The van der Waals surface area contributed by atoms with Gasteiger partial charge in [0.05, 0.1) is 22.1 Å². The topological polar surface area (TPSA) is 73.7 Å². The van der Waals surface area contributed by atoms with Crippen molar-refractivity contribution < 1.29 is 14.7 Å². The number of fused-ring (bicyclic) bond motifs is 2. The minimum absolute atomic E-state index is 0.179. The van der Waals surface area contributed by atoms with Gasteiger partial charge in [0.15, 0.2) is 5.13 Å². The van der Waals surface area contributed by atoms with Crippen LogP contribution in [0.5, 0.6) is 0 Å². The normalized spacial score (nSPS) is 14.6. The van der Waals surface area contributed by atoms with Crippen LogP contribution < -0.4 is 4.90 Å². The lowest BCUT2D eigenvalue weighted by molar-refractivity contribution is -0.144. The molecule has 1 amide bonds. The maximum absolute atomic E-state index is 13.6. The van der Waals surface area contributed by atoms with Gasteiger partial charge in [-0.3, -0.25) is 14.5 Å². The summed E-state index contributed by atoms with van der Waals surface area (Å²) in [6, 6.07) is 14.1. The van der Waals surface area contributed by atoms with Gasteiger partial charge in [0, 0.05) is 7.05 Å². The molecule has 0 fully saturated rings. The number of hydrogen-bond donors (Lipinski definition) is 1. The Balaban J connectivity index is 1.57. The van der Waals surface area contributed by atoms with E-state index in [-0.39, 0.29) is 12.3 Å². The monoisotopic (exact) mass is 451 g/mol. The summed E-state index contributed by atoms with van der Waals surface area (Å²) in [6.07, 6.45) is 2.76. The third-order valence-corrected chi connectivity index (χ3v) is 7.34. The van der Waals surface area contributed by atoms with Crippen molar-refractivity contribution in [1.82, 2.24) is 9.88 Å². The molecule has 0 saturated carbocycles. The highest BCUT2D eigenvalue weighted by Gasteiger charge is 2.47. The van der Waals surface area contributed by atoms with Gasteiger partial charge in [-0.25, -0.2) is 4.98 Å². The van der Waals surface area contributed by atoms with E-state index in [0.717, 1.165) is 40.7 Å². The van der Waals surface area contributed by atoms with Crippen LogP contribution in [0.25, 0.3) is 10.2 Å². The van der Waals surface area contributed by atoms with Crippen LogP contribution in [0.3, 0.4) is 0 Å². The molecule has 32 heavy (non-hydrogen) atoms. The first-order chi connectivity index (χ1) is 15.3. The molecule has 1 aromatic heterocycles. The SMILES string of the molecule is CN(C)CCCc1ccc2sc(N(C)C(=O)C3(CC(=O)O)Cc4ccccc4C3)nc2c1. The van der Waals surface area contributed by atoms with E-state index in [0.29, 0.717) is 18.0 Å². The lowest BCUT2D eigenvalue weighted by atomic mass is 9.80. The highest BCUT2D eigenvalue weighted by Crippen LogP contribution is 2.42. The number of carbonyl (C=O) groups is 2. The van der Waals surface area contributed by atoms with E-state index in [1.54, 1.807) is 11.9 Å². The second kappa shape index (κ2) is 9.00. The molecule has 3 aromatic rings. The van der Waals surface area contributed by atoms with Crippen LogP contribution in [-0.4, -0.2) is 54.6 Å². The zero-order chi connectivity index (χ0) is 22.9. The van der Waals surface area contributed by atoms with Crippen molar-refractivity contribution in [3.8, 4) is 0 Å². The Hall–Kier alpha value is -2.77. The standard InChI is InChI=1S/C25H29N3O3S/c1-27(2)12-6-7-17-10-11-21-20(13-17)26-24(32-21)28(3)23(31)25(16-22(29)30)14-18-8-4-5-9-19(18)15-25/h4-5,8-11,13H,6-7,12,14-16H2,1-3H3,(H,29,30). The number of carboxylic acid groups (broad SMARTS) is 1. The fourth-order valence-electron chi connectivity index (χ4n) is 4.64. The smallest absolute Gasteiger partial charge is 0.304 e. The highest BCUT2D eigenvalue weighted by molar-refractivity contribution is 7.22. The van der Waals surface area contributed by atoms with Gasteiger partial charge in [0.2, 0.25) is 5.91 Å². The van der Waals surface area contributed by atoms with Gasteiger partial charge in [0.1, 0.15) is 0 Å². The van der Waals surface area contributed by atoms with Crippen LogP contribution in [0.4, 0.5) is 5.13 Å². The number of aryl methyl sites for hydroxylation is 1. The summed E-state index contributed by atoms with van der Waals surface area (Å²) in [7, 11) is 5.86. The molecular weight excluding hydrogens is 422 g/mol. The van der Waals surface area contributed by atoms with E-state index in [9.17, 15) is 14.7 Å². The van der Waals surface area contributed by atoms with Crippen LogP contribution in [0, 0.1) is 5.41 Å². The quantitative estimate of drug-likeness (QED) is 0.560. The summed E-state index contributed by atoms with van der Waals surface area (Å²) in [4.78, 5) is 33.8. The molecule has 0 aliphatic heterocycles. The lowest BCUT2D eigenvalue weighted by Crippen LogP contribution is -2.44. The second-order valence-corrected chi connectivity index (χ2v) is 10.1.